The third-order valence-electron chi connectivity index (χ3n) is 4.93. The number of fused-ring (bicyclic) bond motifs is 1. The van der Waals surface area contributed by atoms with Crippen LogP contribution < -0.4 is 5.73 Å². The summed E-state index contributed by atoms with van der Waals surface area (Å²) in [6.45, 7) is 2.59. The van der Waals surface area contributed by atoms with Gasteiger partial charge in [-0.1, -0.05) is 34.3 Å². The van der Waals surface area contributed by atoms with E-state index >= 15 is 0 Å². The molecule has 8 nitrogen and oxygen atoms in total. The van der Waals surface area contributed by atoms with Crippen LogP contribution in [0, 0.1) is 0 Å². The van der Waals surface area contributed by atoms with E-state index in [0.29, 0.717) is 10.9 Å². The number of hydrogen-bond acceptors (Lipinski definition) is 4. The van der Waals surface area contributed by atoms with Crippen LogP contribution >= 0.6 is 0 Å². The van der Waals surface area contributed by atoms with Crippen molar-refractivity contribution in [1.29, 1.82) is 0 Å². The van der Waals surface area contributed by atoms with Crippen molar-refractivity contribution < 1.29 is 23.3 Å². The van der Waals surface area contributed by atoms with Crippen molar-refractivity contribution in [1.82, 2.24) is 19.8 Å². The standard InChI is InChI=1S/C20H23F2N5O3/c1-12(2)7-8-26(22)20(30)16-9-13(21)10-25(16)17(28)11-27-15-6-4-3-5-14(15)18(24-27)19(23)29/h3-7,13,16H,8-11H2,1-2H3,(H2,23,29)/t13-,16+/m1/s1. The minimum absolute atomic E-state index is 0.00692. The van der Waals surface area contributed by atoms with Crippen molar-refractivity contribution in [3.63, 3.8) is 0 Å². The molecule has 0 spiro atoms. The Hall–Kier alpha value is -3.30. The first-order chi connectivity index (χ1) is 14.2. The number of halogens is 2. The molecule has 0 bridgehead atoms. The molecule has 1 fully saturated rings. The van der Waals surface area contributed by atoms with Crippen molar-refractivity contribution in [2.24, 2.45) is 5.73 Å². The van der Waals surface area contributed by atoms with E-state index in [2.05, 4.69) is 5.10 Å². The topological polar surface area (TPSA) is 102 Å². The summed E-state index contributed by atoms with van der Waals surface area (Å²) in [5, 5.41) is 4.57. The zero-order valence-corrected chi connectivity index (χ0v) is 16.7. The summed E-state index contributed by atoms with van der Waals surface area (Å²) in [5.41, 5.74) is 6.68. The van der Waals surface area contributed by atoms with E-state index in [0.717, 1.165) is 10.5 Å². The molecule has 0 aliphatic carbocycles. The molecular weight excluding hydrogens is 396 g/mol. The van der Waals surface area contributed by atoms with Gasteiger partial charge in [-0.2, -0.15) is 10.2 Å². The number of para-hydroxylation sites is 1. The molecule has 3 rings (SSSR count). The number of nitrogens with two attached hydrogens (primary N) is 1. The fraction of sp³-hybridized carbons (Fsp3) is 0.400. The van der Waals surface area contributed by atoms with Gasteiger partial charge in [0.1, 0.15) is 18.8 Å². The molecule has 30 heavy (non-hydrogen) atoms. The van der Waals surface area contributed by atoms with E-state index in [4.69, 9.17) is 5.73 Å². The Kier molecular flexibility index (Phi) is 6.14. The van der Waals surface area contributed by atoms with Crippen LogP contribution in [0.4, 0.5) is 8.87 Å². The van der Waals surface area contributed by atoms with E-state index in [1.807, 2.05) is 0 Å². The van der Waals surface area contributed by atoms with Gasteiger partial charge in [0.25, 0.3) is 11.8 Å². The lowest BCUT2D eigenvalue weighted by atomic mass is 10.2. The summed E-state index contributed by atoms with van der Waals surface area (Å²) in [6.07, 6.45) is -0.186. The lowest BCUT2D eigenvalue weighted by Gasteiger charge is -2.25. The number of amides is 3. The number of likely N-dealkylation sites (tertiary alicyclic amines) is 1. The summed E-state index contributed by atoms with van der Waals surface area (Å²) in [5.74, 6) is -2.32. The monoisotopic (exact) mass is 419 g/mol. The van der Waals surface area contributed by atoms with Crippen LogP contribution in [0.5, 0.6) is 0 Å². The molecule has 1 aromatic heterocycles. The Morgan fingerprint density at radius 2 is 2.00 bits per heavy atom. The smallest absolute Gasteiger partial charge is 0.273 e. The number of benzene rings is 1. The molecule has 1 saturated heterocycles. The van der Waals surface area contributed by atoms with Gasteiger partial charge in [0.2, 0.25) is 5.91 Å². The molecule has 2 atom stereocenters. The zero-order valence-electron chi connectivity index (χ0n) is 16.7. The van der Waals surface area contributed by atoms with Gasteiger partial charge in [-0.15, -0.1) is 0 Å². The normalized spacial score (nSPS) is 18.5. The average molecular weight is 419 g/mol. The van der Waals surface area contributed by atoms with Crippen LogP contribution in [0.3, 0.4) is 0 Å². The molecule has 3 amide bonds. The number of nitrogens with zero attached hydrogens (tertiary/aromatic N) is 4. The Morgan fingerprint density at radius 3 is 2.67 bits per heavy atom. The number of aromatic nitrogens is 2. The first-order valence-corrected chi connectivity index (χ1v) is 9.48. The molecule has 2 N–H and O–H groups in total. The van der Waals surface area contributed by atoms with Gasteiger partial charge in [-0.25, -0.2) is 4.39 Å². The van der Waals surface area contributed by atoms with Crippen molar-refractivity contribution >= 4 is 28.6 Å². The van der Waals surface area contributed by atoms with Crippen molar-refractivity contribution in [2.45, 2.75) is 39.0 Å². The fourth-order valence-corrected chi connectivity index (χ4v) is 3.46. The Labute approximate surface area is 171 Å². The van der Waals surface area contributed by atoms with E-state index in [1.54, 1.807) is 38.1 Å². The summed E-state index contributed by atoms with van der Waals surface area (Å²) in [4.78, 5) is 38.0. The number of alkyl halides is 1. The number of primary amides is 1. The maximum absolute atomic E-state index is 14.2. The lowest BCUT2D eigenvalue weighted by Crippen LogP contribution is -2.46. The average Bonchev–Trinajstić information content (AvgIpc) is 3.26. The Balaban J connectivity index is 1.82. The van der Waals surface area contributed by atoms with Crippen molar-refractivity contribution in [3.8, 4) is 0 Å². The Bertz CT molecular complexity index is 1020. The van der Waals surface area contributed by atoms with Crippen molar-refractivity contribution in [2.75, 3.05) is 13.1 Å². The summed E-state index contributed by atoms with van der Waals surface area (Å²) < 4.78 is 29.5. The second kappa shape index (κ2) is 8.60. The van der Waals surface area contributed by atoms with Gasteiger partial charge >= 0.3 is 0 Å². The molecule has 10 heteroatoms. The predicted molar refractivity (Wildman–Crippen MR) is 106 cm³/mol. The Morgan fingerprint density at radius 1 is 1.30 bits per heavy atom. The highest BCUT2D eigenvalue weighted by molar-refractivity contribution is 6.04. The second-order valence-corrected chi connectivity index (χ2v) is 7.45. The van der Waals surface area contributed by atoms with Crippen LogP contribution in [-0.2, 0) is 16.1 Å². The largest absolute Gasteiger partial charge is 0.364 e. The third kappa shape index (κ3) is 4.32. The first-order valence-electron chi connectivity index (χ1n) is 9.48. The molecule has 2 aromatic rings. The molecule has 1 aromatic carbocycles. The van der Waals surface area contributed by atoms with Gasteiger partial charge in [0.05, 0.1) is 18.6 Å². The van der Waals surface area contributed by atoms with Crippen LogP contribution in [0.2, 0.25) is 0 Å². The summed E-state index contributed by atoms with van der Waals surface area (Å²) in [6, 6.07) is 5.48. The minimum Gasteiger partial charge on any atom is -0.364 e. The highest BCUT2D eigenvalue weighted by Crippen LogP contribution is 2.24. The van der Waals surface area contributed by atoms with E-state index < -0.39 is 29.9 Å². The maximum Gasteiger partial charge on any atom is 0.273 e. The molecule has 0 unspecified atom stereocenters. The first kappa shape index (κ1) is 21.4. The van der Waals surface area contributed by atoms with Gasteiger partial charge < -0.3 is 10.6 Å². The van der Waals surface area contributed by atoms with E-state index in [-0.39, 0.29) is 36.9 Å². The number of allylic oxidation sites excluding steroid dienone is 1. The van der Waals surface area contributed by atoms with Gasteiger partial charge in [0, 0.05) is 11.8 Å². The highest BCUT2D eigenvalue weighted by Gasteiger charge is 2.42. The number of carbonyl (C=O) groups excluding carboxylic acids is 3. The molecular formula is C20H23F2N5O3. The van der Waals surface area contributed by atoms with Gasteiger partial charge in [-0.3, -0.25) is 19.1 Å². The van der Waals surface area contributed by atoms with E-state index in [9.17, 15) is 23.3 Å². The quantitative estimate of drug-likeness (QED) is 0.569. The van der Waals surface area contributed by atoms with E-state index in [1.165, 1.54) is 10.8 Å². The zero-order chi connectivity index (χ0) is 22.0. The van der Waals surface area contributed by atoms with Gasteiger partial charge in [-0.05, 0) is 19.9 Å². The molecule has 2 heterocycles. The fourth-order valence-electron chi connectivity index (χ4n) is 3.46. The van der Waals surface area contributed by atoms with Gasteiger partial charge in [0.15, 0.2) is 5.69 Å². The molecule has 0 saturated carbocycles. The van der Waals surface area contributed by atoms with Crippen LogP contribution in [0.25, 0.3) is 10.9 Å². The summed E-state index contributed by atoms with van der Waals surface area (Å²) >= 11 is 0. The van der Waals surface area contributed by atoms with Crippen LogP contribution in [-0.4, -0.2) is 62.8 Å². The number of hydrogen-bond donors (Lipinski definition) is 1. The molecule has 160 valence electrons. The third-order valence-corrected chi connectivity index (χ3v) is 4.93. The summed E-state index contributed by atoms with van der Waals surface area (Å²) in [7, 11) is 0. The molecule has 0 radical (unpaired) electrons. The highest BCUT2D eigenvalue weighted by atomic mass is 19.2. The molecule has 1 aliphatic rings. The number of carbonyl (C=O) groups is 3. The van der Waals surface area contributed by atoms with Crippen LogP contribution in [0.15, 0.2) is 35.9 Å². The number of rotatable bonds is 6. The molecule has 1 aliphatic heterocycles. The minimum atomic E-state index is -1.43. The SMILES string of the molecule is CC(C)=CCN(F)C(=O)[C@@H]1C[C@@H](F)CN1C(=O)Cn1nc(C(N)=O)c2ccccc21. The predicted octanol–water partition coefficient (Wildman–Crippen LogP) is 1.75. The maximum atomic E-state index is 14.2. The van der Waals surface area contributed by atoms with Crippen LogP contribution in [0.1, 0.15) is 30.8 Å². The lowest BCUT2D eigenvalue weighted by molar-refractivity contribution is -0.154. The second-order valence-electron chi connectivity index (χ2n) is 7.45. The van der Waals surface area contributed by atoms with Crippen molar-refractivity contribution in [3.05, 3.63) is 41.6 Å².